The van der Waals surface area contributed by atoms with Gasteiger partial charge in [-0.15, -0.1) is 5.10 Å². The third-order valence-corrected chi connectivity index (χ3v) is 4.75. The number of hydrogen-bond donors (Lipinski definition) is 0. The summed E-state index contributed by atoms with van der Waals surface area (Å²) >= 11 is 0. The first-order valence-corrected chi connectivity index (χ1v) is 8.96. The highest BCUT2D eigenvalue weighted by Gasteiger charge is 2.20. The molecule has 0 unspecified atom stereocenters. The number of benzene rings is 1. The smallest absolute Gasteiger partial charge is 0.247 e. The maximum atomic E-state index is 4.77. The molecule has 0 N–H and O–H groups in total. The second-order valence-corrected chi connectivity index (χ2v) is 6.53. The van der Waals surface area contributed by atoms with Gasteiger partial charge in [0.25, 0.3) is 0 Å². The number of para-hydroxylation sites is 1. The van der Waals surface area contributed by atoms with Crippen LogP contribution in [0.4, 0.5) is 17.5 Å². The molecule has 0 saturated heterocycles. The van der Waals surface area contributed by atoms with Crippen molar-refractivity contribution in [2.45, 2.75) is 19.3 Å². The molecule has 6 nitrogen and oxygen atoms in total. The van der Waals surface area contributed by atoms with Crippen LogP contribution in [0.2, 0.25) is 0 Å². The van der Waals surface area contributed by atoms with Crippen molar-refractivity contribution in [1.29, 1.82) is 0 Å². The van der Waals surface area contributed by atoms with Crippen molar-refractivity contribution in [2.75, 3.05) is 29.9 Å². The zero-order valence-corrected chi connectivity index (χ0v) is 14.9. The Morgan fingerprint density at radius 1 is 1.12 bits per heavy atom. The highest BCUT2D eigenvalue weighted by molar-refractivity contribution is 5.65. The molecular weight excluding hydrogens is 324 g/mol. The number of rotatable bonds is 5. The van der Waals surface area contributed by atoms with Crippen LogP contribution in [0.15, 0.2) is 55.0 Å². The third-order valence-electron chi connectivity index (χ3n) is 4.75. The molecule has 0 radical (unpaired) electrons. The van der Waals surface area contributed by atoms with Crippen LogP contribution in [0.3, 0.4) is 0 Å². The van der Waals surface area contributed by atoms with Gasteiger partial charge in [-0.25, -0.2) is 0 Å². The average Bonchev–Trinajstić information content (AvgIpc) is 2.72. The van der Waals surface area contributed by atoms with Crippen LogP contribution < -0.4 is 9.80 Å². The molecule has 0 amide bonds. The first kappa shape index (κ1) is 16.4. The Labute approximate surface area is 153 Å². The van der Waals surface area contributed by atoms with Crippen molar-refractivity contribution < 1.29 is 0 Å². The van der Waals surface area contributed by atoms with Gasteiger partial charge in [0.2, 0.25) is 5.95 Å². The van der Waals surface area contributed by atoms with Gasteiger partial charge < -0.3 is 9.80 Å². The fraction of sp³-hybridized carbons (Fsp3) is 0.300. The SMILES string of the molecule is CN(CCc1ccncc1)c1nncc(N2CCCc3ccccc32)n1. The summed E-state index contributed by atoms with van der Waals surface area (Å²) in [6.07, 6.45) is 8.54. The molecule has 0 bridgehead atoms. The Morgan fingerprint density at radius 2 is 1.96 bits per heavy atom. The lowest BCUT2D eigenvalue weighted by Crippen LogP contribution is -2.28. The molecule has 0 spiro atoms. The molecule has 132 valence electrons. The van der Waals surface area contributed by atoms with Crippen LogP contribution in [0.25, 0.3) is 0 Å². The average molecular weight is 346 g/mol. The Bertz CT molecular complexity index is 867. The molecule has 4 rings (SSSR count). The van der Waals surface area contributed by atoms with E-state index in [1.54, 1.807) is 6.20 Å². The van der Waals surface area contributed by atoms with E-state index in [-0.39, 0.29) is 0 Å². The maximum Gasteiger partial charge on any atom is 0.247 e. The third kappa shape index (κ3) is 3.49. The number of likely N-dealkylation sites (N-methyl/N-ethyl adjacent to an activating group) is 1. The fourth-order valence-electron chi connectivity index (χ4n) is 3.30. The molecule has 6 heteroatoms. The largest absolute Gasteiger partial charge is 0.342 e. The Hall–Kier alpha value is -3.02. The van der Waals surface area contributed by atoms with Crippen LogP contribution in [0.5, 0.6) is 0 Å². The molecule has 0 aliphatic carbocycles. The number of pyridine rings is 1. The summed E-state index contributed by atoms with van der Waals surface area (Å²) in [6, 6.07) is 12.6. The molecule has 1 aliphatic heterocycles. The number of nitrogens with zero attached hydrogens (tertiary/aromatic N) is 6. The summed E-state index contributed by atoms with van der Waals surface area (Å²) in [5.41, 5.74) is 3.84. The summed E-state index contributed by atoms with van der Waals surface area (Å²) in [4.78, 5) is 13.1. The second kappa shape index (κ2) is 7.47. The van der Waals surface area contributed by atoms with Crippen LogP contribution in [0, 0.1) is 0 Å². The Morgan fingerprint density at radius 3 is 2.85 bits per heavy atom. The zero-order valence-electron chi connectivity index (χ0n) is 14.9. The number of fused-ring (bicyclic) bond motifs is 1. The zero-order chi connectivity index (χ0) is 17.8. The van der Waals surface area contributed by atoms with Crippen molar-refractivity contribution in [1.82, 2.24) is 20.2 Å². The van der Waals surface area contributed by atoms with E-state index in [1.807, 2.05) is 36.5 Å². The van der Waals surface area contributed by atoms with E-state index in [9.17, 15) is 0 Å². The van der Waals surface area contributed by atoms with E-state index in [0.29, 0.717) is 5.95 Å². The van der Waals surface area contributed by atoms with Gasteiger partial charge in [-0.05, 0) is 48.6 Å². The van der Waals surface area contributed by atoms with E-state index >= 15 is 0 Å². The van der Waals surface area contributed by atoms with Crippen molar-refractivity contribution in [3.05, 3.63) is 66.1 Å². The summed E-state index contributed by atoms with van der Waals surface area (Å²) in [5.74, 6) is 1.51. The summed E-state index contributed by atoms with van der Waals surface area (Å²) in [6.45, 7) is 1.78. The van der Waals surface area contributed by atoms with Crippen molar-refractivity contribution in [2.24, 2.45) is 0 Å². The molecule has 1 aliphatic rings. The standard InChI is InChI=1S/C20H22N6/c1-25(14-10-16-8-11-21-12-9-16)20-23-19(15-22-24-20)26-13-4-6-17-5-2-3-7-18(17)26/h2-3,5,7-9,11-12,15H,4,6,10,13-14H2,1H3. The van der Waals surface area contributed by atoms with Crippen LogP contribution in [-0.2, 0) is 12.8 Å². The van der Waals surface area contributed by atoms with Gasteiger partial charge in [-0.1, -0.05) is 18.2 Å². The van der Waals surface area contributed by atoms with Crippen LogP contribution in [-0.4, -0.2) is 40.3 Å². The minimum absolute atomic E-state index is 0.652. The van der Waals surface area contributed by atoms with E-state index in [1.165, 1.54) is 16.8 Å². The number of hydrogen-bond acceptors (Lipinski definition) is 6. The summed E-state index contributed by atoms with van der Waals surface area (Å²) in [7, 11) is 2.01. The first-order chi connectivity index (χ1) is 12.8. The van der Waals surface area contributed by atoms with Crippen LogP contribution in [0.1, 0.15) is 17.5 Å². The molecule has 2 aromatic heterocycles. The molecular formula is C20H22N6. The van der Waals surface area contributed by atoms with E-state index < -0.39 is 0 Å². The monoisotopic (exact) mass is 346 g/mol. The molecule has 1 aromatic carbocycles. The fourth-order valence-corrected chi connectivity index (χ4v) is 3.30. The first-order valence-electron chi connectivity index (χ1n) is 8.96. The summed E-state index contributed by atoms with van der Waals surface area (Å²) in [5, 5.41) is 8.43. The number of aryl methyl sites for hydroxylation is 1. The molecule has 0 fully saturated rings. The highest BCUT2D eigenvalue weighted by atomic mass is 15.3. The van der Waals surface area contributed by atoms with Gasteiger partial charge in [0.1, 0.15) is 0 Å². The Balaban J connectivity index is 1.52. The Kier molecular flexibility index (Phi) is 4.73. The van der Waals surface area contributed by atoms with Crippen molar-refractivity contribution >= 4 is 17.5 Å². The lowest BCUT2D eigenvalue weighted by Gasteiger charge is -2.30. The topological polar surface area (TPSA) is 58.0 Å². The van der Waals surface area contributed by atoms with Crippen molar-refractivity contribution in [3.63, 3.8) is 0 Å². The van der Waals surface area contributed by atoms with Crippen molar-refractivity contribution in [3.8, 4) is 0 Å². The molecule has 26 heavy (non-hydrogen) atoms. The number of anilines is 3. The van der Waals surface area contributed by atoms with Gasteiger partial charge >= 0.3 is 0 Å². The normalized spacial score (nSPS) is 13.3. The molecule has 3 heterocycles. The predicted molar refractivity (Wildman–Crippen MR) is 103 cm³/mol. The van der Waals surface area contributed by atoms with Gasteiger partial charge in [0.15, 0.2) is 5.82 Å². The lowest BCUT2D eigenvalue weighted by atomic mass is 10.0. The maximum absolute atomic E-state index is 4.77. The lowest BCUT2D eigenvalue weighted by molar-refractivity contribution is 0.746. The van der Waals surface area contributed by atoms with E-state index in [4.69, 9.17) is 4.98 Å². The van der Waals surface area contributed by atoms with Gasteiger partial charge in [-0.2, -0.15) is 10.1 Å². The van der Waals surface area contributed by atoms with E-state index in [0.717, 1.165) is 38.2 Å². The molecule has 0 atom stereocenters. The quantitative estimate of drug-likeness (QED) is 0.708. The summed E-state index contributed by atoms with van der Waals surface area (Å²) < 4.78 is 0. The second-order valence-electron chi connectivity index (χ2n) is 6.53. The number of aromatic nitrogens is 4. The van der Waals surface area contributed by atoms with Gasteiger partial charge in [-0.3, -0.25) is 4.98 Å². The minimum atomic E-state index is 0.652. The van der Waals surface area contributed by atoms with E-state index in [2.05, 4.69) is 44.3 Å². The highest BCUT2D eigenvalue weighted by Crippen LogP contribution is 2.32. The van der Waals surface area contributed by atoms with Gasteiger partial charge in [0, 0.05) is 38.2 Å². The van der Waals surface area contributed by atoms with Crippen LogP contribution >= 0.6 is 0 Å². The molecule has 0 saturated carbocycles. The molecule has 3 aromatic rings. The van der Waals surface area contributed by atoms with Gasteiger partial charge in [0.05, 0.1) is 6.20 Å². The predicted octanol–water partition coefficient (Wildman–Crippen LogP) is 3.03. The minimum Gasteiger partial charge on any atom is -0.342 e.